The topological polar surface area (TPSA) is 75.3 Å². The maximum Gasteiger partial charge on any atom is 0.307 e. The van der Waals surface area contributed by atoms with E-state index in [2.05, 4.69) is 5.43 Å². The molecule has 0 saturated heterocycles. The van der Waals surface area contributed by atoms with Gasteiger partial charge in [-0.05, 0) is 24.1 Å². The van der Waals surface area contributed by atoms with Gasteiger partial charge in [-0.25, -0.2) is 0 Å². The normalized spacial score (nSPS) is 9.69. The quantitative estimate of drug-likeness (QED) is 0.477. The van der Waals surface area contributed by atoms with Crippen LogP contribution in [0.3, 0.4) is 0 Å². The van der Waals surface area contributed by atoms with E-state index in [9.17, 15) is 4.79 Å². The second-order valence-corrected chi connectivity index (χ2v) is 2.82. The lowest BCUT2D eigenvalue weighted by Gasteiger charge is -2.09. The Morgan fingerprint density at radius 3 is 2.85 bits per heavy atom. The number of nitrogen functional groups attached to an aromatic ring is 1. The molecule has 4 nitrogen and oxygen atoms in total. The minimum atomic E-state index is -0.856. The summed E-state index contributed by atoms with van der Waals surface area (Å²) in [5, 5.41) is 8.64. The molecule has 1 aromatic carbocycles. The van der Waals surface area contributed by atoms with Crippen molar-refractivity contribution in [2.75, 3.05) is 5.43 Å². The van der Waals surface area contributed by atoms with Crippen molar-refractivity contribution < 1.29 is 9.90 Å². The molecular formula is C9H12N2O2. The Kier molecular flexibility index (Phi) is 2.87. The van der Waals surface area contributed by atoms with Gasteiger partial charge in [0.25, 0.3) is 0 Å². The molecule has 0 spiro atoms. The van der Waals surface area contributed by atoms with E-state index in [1.165, 1.54) is 0 Å². The van der Waals surface area contributed by atoms with Crippen LogP contribution in [0, 0.1) is 6.92 Å². The fourth-order valence-corrected chi connectivity index (χ4v) is 1.22. The Bertz CT molecular complexity index is 323. The first-order chi connectivity index (χ1) is 6.15. The number of hydrogen-bond acceptors (Lipinski definition) is 3. The average Bonchev–Trinajstić information content (AvgIpc) is 2.08. The molecule has 1 rings (SSSR count). The Balaban J connectivity index is 3.07. The SMILES string of the molecule is Cc1cccc(NN)c1CC(=O)O. The monoisotopic (exact) mass is 180 g/mol. The molecule has 0 aromatic heterocycles. The van der Waals surface area contributed by atoms with E-state index in [1.807, 2.05) is 19.1 Å². The minimum Gasteiger partial charge on any atom is -0.481 e. The van der Waals surface area contributed by atoms with Crippen molar-refractivity contribution in [1.29, 1.82) is 0 Å². The number of nitrogens with one attached hydrogen (secondary N) is 1. The van der Waals surface area contributed by atoms with E-state index in [-0.39, 0.29) is 6.42 Å². The predicted octanol–water partition coefficient (Wildman–Crippen LogP) is 0.908. The molecule has 4 N–H and O–H groups in total. The van der Waals surface area contributed by atoms with Gasteiger partial charge in [0.05, 0.1) is 12.1 Å². The minimum absolute atomic E-state index is 0.00773. The van der Waals surface area contributed by atoms with Crippen LogP contribution in [0.15, 0.2) is 18.2 Å². The number of benzene rings is 1. The first-order valence-corrected chi connectivity index (χ1v) is 3.92. The highest BCUT2D eigenvalue weighted by Gasteiger charge is 2.07. The van der Waals surface area contributed by atoms with Crippen LogP contribution < -0.4 is 11.3 Å². The van der Waals surface area contributed by atoms with Gasteiger partial charge in [0.2, 0.25) is 0 Å². The third kappa shape index (κ3) is 2.19. The van der Waals surface area contributed by atoms with Crippen LogP contribution in [0.4, 0.5) is 5.69 Å². The van der Waals surface area contributed by atoms with Crippen LogP contribution in [0.1, 0.15) is 11.1 Å². The highest BCUT2D eigenvalue weighted by molar-refractivity contribution is 5.74. The number of nitrogens with two attached hydrogens (primary N) is 1. The van der Waals surface area contributed by atoms with Crippen molar-refractivity contribution in [3.63, 3.8) is 0 Å². The molecule has 0 radical (unpaired) electrons. The molecule has 0 aliphatic rings. The van der Waals surface area contributed by atoms with E-state index >= 15 is 0 Å². The van der Waals surface area contributed by atoms with Crippen LogP contribution in [0.2, 0.25) is 0 Å². The summed E-state index contributed by atoms with van der Waals surface area (Å²) in [4.78, 5) is 10.5. The van der Waals surface area contributed by atoms with E-state index in [0.717, 1.165) is 11.1 Å². The van der Waals surface area contributed by atoms with Gasteiger partial charge in [-0.15, -0.1) is 0 Å². The van der Waals surface area contributed by atoms with Crippen molar-refractivity contribution in [2.45, 2.75) is 13.3 Å². The van der Waals surface area contributed by atoms with Crippen LogP contribution in [0.5, 0.6) is 0 Å². The zero-order valence-electron chi connectivity index (χ0n) is 7.37. The molecule has 0 unspecified atom stereocenters. The van der Waals surface area contributed by atoms with E-state index in [4.69, 9.17) is 10.9 Å². The second kappa shape index (κ2) is 3.91. The van der Waals surface area contributed by atoms with Crippen LogP contribution in [-0.2, 0) is 11.2 Å². The lowest BCUT2D eigenvalue weighted by Crippen LogP contribution is -2.12. The van der Waals surface area contributed by atoms with E-state index in [0.29, 0.717) is 5.69 Å². The first kappa shape index (κ1) is 9.54. The van der Waals surface area contributed by atoms with Gasteiger partial charge in [0, 0.05) is 0 Å². The molecule has 0 fully saturated rings. The summed E-state index contributed by atoms with van der Waals surface area (Å²) in [6, 6.07) is 5.44. The van der Waals surface area contributed by atoms with Crippen molar-refractivity contribution in [1.82, 2.24) is 0 Å². The molecule has 70 valence electrons. The first-order valence-electron chi connectivity index (χ1n) is 3.92. The number of carboxylic acid groups (broad SMARTS) is 1. The molecule has 0 aliphatic heterocycles. The molecule has 1 aromatic rings. The summed E-state index contributed by atoms with van der Waals surface area (Å²) in [6.45, 7) is 1.86. The van der Waals surface area contributed by atoms with Crippen molar-refractivity contribution in [2.24, 2.45) is 5.84 Å². The summed E-state index contributed by atoms with van der Waals surface area (Å²) in [7, 11) is 0. The molecule has 0 saturated carbocycles. The van der Waals surface area contributed by atoms with Crippen molar-refractivity contribution in [3.05, 3.63) is 29.3 Å². The largest absolute Gasteiger partial charge is 0.481 e. The van der Waals surface area contributed by atoms with Gasteiger partial charge in [-0.1, -0.05) is 12.1 Å². The van der Waals surface area contributed by atoms with Crippen molar-refractivity contribution >= 4 is 11.7 Å². The van der Waals surface area contributed by atoms with Gasteiger partial charge >= 0.3 is 5.97 Å². The summed E-state index contributed by atoms with van der Waals surface area (Å²) >= 11 is 0. The number of carboxylic acids is 1. The maximum absolute atomic E-state index is 10.5. The molecule has 0 bridgehead atoms. The van der Waals surface area contributed by atoms with Gasteiger partial charge < -0.3 is 10.5 Å². The number of anilines is 1. The maximum atomic E-state index is 10.5. The Labute approximate surface area is 76.3 Å². The summed E-state index contributed by atoms with van der Waals surface area (Å²) in [5.41, 5.74) is 4.81. The highest BCUT2D eigenvalue weighted by Crippen LogP contribution is 2.18. The number of aliphatic carboxylic acids is 1. The number of aryl methyl sites for hydroxylation is 1. The van der Waals surface area contributed by atoms with Gasteiger partial charge in [-0.3, -0.25) is 10.6 Å². The third-order valence-electron chi connectivity index (χ3n) is 1.89. The second-order valence-electron chi connectivity index (χ2n) is 2.82. The predicted molar refractivity (Wildman–Crippen MR) is 50.3 cm³/mol. The average molecular weight is 180 g/mol. The standard InChI is InChI=1S/C9H12N2O2/c1-6-3-2-4-8(11-10)7(6)5-9(12)13/h2-4,11H,5,10H2,1H3,(H,12,13). The highest BCUT2D eigenvalue weighted by atomic mass is 16.4. The molecule has 0 aliphatic carbocycles. The zero-order valence-corrected chi connectivity index (χ0v) is 7.37. The molecule has 0 atom stereocenters. The Morgan fingerprint density at radius 1 is 1.62 bits per heavy atom. The lowest BCUT2D eigenvalue weighted by atomic mass is 10.0. The number of carbonyl (C=O) groups is 1. The Morgan fingerprint density at radius 2 is 2.31 bits per heavy atom. The van der Waals surface area contributed by atoms with Gasteiger partial charge in [-0.2, -0.15) is 0 Å². The van der Waals surface area contributed by atoms with Gasteiger partial charge in [0.15, 0.2) is 0 Å². The van der Waals surface area contributed by atoms with Crippen LogP contribution >= 0.6 is 0 Å². The van der Waals surface area contributed by atoms with Crippen molar-refractivity contribution in [3.8, 4) is 0 Å². The summed E-state index contributed by atoms with van der Waals surface area (Å²) in [5.74, 6) is 4.40. The zero-order chi connectivity index (χ0) is 9.84. The van der Waals surface area contributed by atoms with E-state index in [1.54, 1.807) is 6.07 Å². The third-order valence-corrected chi connectivity index (χ3v) is 1.89. The summed E-state index contributed by atoms with van der Waals surface area (Å²) in [6.07, 6.45) is -0.00773. The fraction of sp³-hybridized carbons (Fsp3) is 0.222. The molecule has 4 heteroatoms. The molecule has 0 heterocycles. The summed E-state index contributed by atoms with van der Waals surface area (Å²) < 4.78 is 0. The number of hydrogen-bond donors (Lipinski definition) is 3. The van der Waals surface area contributed by atoms with E-state index < -0.39 is 5.97 Å². The lowest BCUT2D eigenvalue weighted by molar-refractivity contribution is -0.136. The molecule has 0 amide bonds. The van der Waals surface area contributed by atoms with Gasteiger partial charge in [0.1, 0.15) is 0 Å². The molecule has 13 heavy (non-hydrogen) atoms. The number of rotatable bonds is 3. The number of hydrazine groups is 1. The Hall–Kier alpha value is -1.55. The van der Waals surface area contributed by atoms with Crippen LogP contribution in [-0.4, -0.2) is 11.1 Å². The molecular weight excluding hydrogens is 168 g/mol. The fourth-order valence-electron chi connectivity index (χ4n) is 1.22. The smallest absolute Gasteiger partial charge is 0.307 e. The van der Waals surface area contributed by atoms with Crippen LogP contribution in [0.25, 0.3) is 0 Å².